The number of aryl methyl sites for hydroxylation is 1. The van der Waals surface area contributed by atoms with Gasteiger partial charge in [0, 0.05) is 6.92 Å². The molecule has 2 aromatic heterocycles. The minimum Gasteiger partial charge on any atom is -0.483 e. The Morgan fingerprint density at radius 1 is 1.33 bits per heavy atom. The Kier molecular flexibility index (Phi) is 3.95. The van der Waals surface area contributed by atoms with Gasteiger partial charge in [-0.1, -0.05) is 29.5 Å². The topological polar surface area (TPSA) is 69.0 Å². The van der Waals surface area contributed by atoms with E-state index in [0.29, 0.717) is 21.4 Å². The third-order valence-corrected chi connectivity index (χ3v) is 5.02. The molecule has 1 aliphatic heterocycles. The van der Waals surface area contributed by atoms with Crippen LogP contribution < -0.4 is 10.1 Å². The fourth-order valence-electron chi connectivity index (χ4n) is 2.88. The quantitative estimate of drug-likeness (QED) is 0.708. The van der Waals surface area contributed by atoms with Gasteiger partial charge in [-0.25, -0.2) is 9.67 Å². The second kappa shape index (κ2) is 6.08. The minimum atomic E-state index is -4.67. The van der Waals surface area contributed by atoms with Crippen LogP contribution in [0.2, 0.25) is 0 Å². The SMILES string of the molecule is CC(=O)Nc1nc2c(s1)-c1c(c(C(F)(F)F)nn1-c1ccccc1C)OC2. The van der Waals surface area contributed by atoms with Crippen molar-refractivity contribution in [1.29, 1.82) is 0 Å². The number of fused-ring (bicyclic) bond motifs is 3. The monoisotopic (exact) mass is 394 g/mol. The zero-order valence-electron chi connectivity index (χ0n) is 14.2. The molecule has 6 nitrogen and oxygen atoms in total. The number of thiazole rings is 1. The number of carbonyl (C=O) groups is 1. The van der Waals surface area contributed by atoms with Crippen molar-refractivity contribution in [2.45, 2.75) is 26.6 Å². The second-order valence-electron chi connectivity index (χ2n) is 5.99. The summed E-state index contributed by atoms with van der Waals surface area (Å²) in [6, 6.07) is 7.00. The van der Waals surface area contributed by atoms with Crippen LogP contribution in [-0.4, -0.2) is 20.7 Å². The minimum absolute atomic E-state index is 0.124. The molecule has 10 heteroatoms. The molecule has 0 bridgehead atoms. The van der Waals surface area contributed by atoms with Gasteiger partial charge in [0.1, 0.15) is 18.0 Å². The van der Waals surface area contributed by atoms with E-state index in [1.54, 1.807) is 31.2 Å². The molecule has 0 saturated heterocycles. The van der Waals surface area contributed by atoms with E-state index in [2.05, 4.69) is 15.4 Å². The number of ether oxygens (including phenoxy) is 1. The largest absolute Gasteiger partial charge is 0.483 e. The number of amides is 1. The third-order valence-electron chi connectivity index (χ3n) is 4.00. The fourth-order valence-corrected chi connectivity index (χ4v) is 3.92. The lowest BCUT2D eigenvalue weighted by molar-refractivity contribution is -0.142. The number of alkyl halides is 3. The maximum absolute atomic E-state index is 13.5. The summed E-state index contributed by atoms with van der Waals surface area (Å²) in [5.41, 5.74) is 0.831. The van der Waals surface area contributed by atoms with Crippen molar-refractivity contribution in [3.8, 4) is 22.0 Å². The summed E-state index contributed by atoms with van der Waals surface area (Å²) in [5.74, 6) is -0.637. The highest BCUT2D eigenvalue weighted by atomic mass is 32.1. The molecule has 1 aromatic carbocycles. The van der Waals surface area contributed by atoms with Gasteiger partial charge >= 0.3 is 6.18 Å². The molecule has 3 aromatic rings. The van der Waals surface area contributed by atoms with Gasteiger partial charge in [0.2, 0.25) is 11.6 Å². The number of rotatable bonds is 2. The van der Waals surface area contributed by atoms with Gasteiger partial charge in [0.15, 0.2) is 10.9 Å². The Hall–Kier alpha value is -2.88. The van der Waals surface area contributed by atoms with E-state index in [1.807, 2.05) is 0 Å². The molecule has 0 unspecified atom stereocenters. The summed E-state index contributed by atoms with van der Waals surface area (Å²) in [7, 11) is 0. The molecule has 3 heterocycles. The highest BCUT2D eigenvalue weighted by molar-refractivity contribution is 7.19. The first-order valence-electron chi connectivity index (χ1n) is 7.92. The molecule has 0 fully saturated rings. The predicted molar refractivity (Wildman–Crippen MR) is 93.0 cm³/mol. The van der Waals surface area contributed by atoms with Gasteiger partial charge in [-0.2, -0.15) is 18.3 Å². The zero-order chi connectivity index (χ0) is 19.3. The van der Waals surface area contributed by atoms with Gasteiger partial charge in [-0.3, -0.25) is 4.79 Å². The van der Waals surface area contributed by atoms with Crippen molar-refractivity contribution in [1.82, 2.24) is 14.8 Å². The number of hydrogen-bond donors (Lipinski definition) is 1. The van der Waals surface area contributed by atoms with Gasteiger partial charge in [-0.15, -0.1) is 0 Å². The maximum Gasteiger partial charge on any atom is 0.438 e. The molecule has 4 rings (SSSR count). The first-order valence-corrected chi connectivity index (χ1v) is 8.74. The third kappa shape index (κ3) is 2.95. The lowest BCUT2D eigenvalue weighted by Gasteiger charge is -2.16. The Labute approximate surface area is 155 Å². The van der Waals surface area contributed by atoms with E-state index < -0.39 is 11.9 Å². The van der Waals surface area contributed by atoms with Crippen LogP contribution >= 0.6 is 11.3 Å². The average Bonchev–Trinajstić information content (AvgIpc) is 3.14. The van der Waals surface area contributed by atoms with E-state index in [0.717, 1.165) is 16.9 Å². The van der Waals surface area contributed by atoms with Crippen LogP contribution in [0.4, 0.5) is 18.3 Å². The summed E-state index contributed by atoms with van der Waals surface area (Å²) in [4.78, 5) is 16.0. The molecule has 0 aliphatic carbocycles. The van der Waals surface area contributed by atoms with Crippen LogP contribution in [0.1, 0.15) is 23.9 Å². The van der Waals surface area contributed by atoms with Crippen LogP contribution in [0.15, 0.2) is 24.3 Å². The second-order valence-corrected chi connectivity index (χ2v) is 6.99. The Balaban J connectivity index is 1.98. The van der Waals surface area contributed by atoms with Gasteiger partial charge in [-0.05, 0) is 18.6 Å². The number of benzene rings is 1. The van der Waals surface area contributed by atoms with Gasteiger partial charge in [0.05, 0.1) is 10.6 Å². The molecular formula is C17H13F3N4O2S. The van der Waals surface area contributed by atoms with E-state index in [9.17, 15) is 18.0 Å². The van der Waals surface area contributed by atoms with Crippen molar-refractivity contribution in [3.05, 3.63) is 41.2 Å². The number of anilines is 1. The molecule has 0 radical (unpaired) electrons. The van der Waals surface area contributed by atoms with Gasteiger partial charge in [0.25, 0.3) is 0 Å². The number of halogens is 3. The Morgan fingerprint density at radius 3 is 2.74 bits per heavy atom. The summed E-state index contributed by atoms with van der Waals surface area (Å²) in [6.45, 7) is 3.00. The first kappa shape index (κ1) is 17.5. The molecular weight excluding hydrogens is 381 g/mol. The fraction of sp³-hybridized carbons (Fsp3) is 0.235. The molecule has 140 valence electrons. The number of nitrogens with zero attached hydrogens (tertiary/aromatic N) is 3. The highest BCUT2D eigenvalue weighted by Crippen LogP contribution is 2.49. The Bertz CT molecular complexity index is 1060. The van der Waals surface area contributed by atoms with Crippen molar-refractivity contribution >= 4 is 22.4 Å². The number of aromatic nitrogens is 3. The smallest absolute Gasteiger partial charge is 0.438 e. The first-order chi connectivity index (χ1) is 12.8. The van der Waals surface area contributed by atoms with Crippen LogP contribution in [0, 0.1) is 6.92 Å². The van der Waals surface area contributed by atoms with Crippen LogP contribution in [0.5, 0.6) is 5.75 Å². The average molecular weight is 394 g/mol. The lowest BCUT2D eigenvalue weighted by atomic mass is 10.1. The van der Waals surface area contributed by atoms with Gasteiger partial charge < -0.3 is 10.1 Å². The van der Waals surface area contributed by atoms with E-state index >= 15 is 0 Å². The highest BCUT2D eigenvalue weighted by Gasteiger charge is 2.43. The zero-order valence-corrected chi connectivity index (χ0v) is 15.0. The summed E-state index contributed by atoms with van der Waals surface area (Å²) < 4.78 is 47.2. The number of para-hydroxylation sites is 1. The molecule has 0 atom stereocenters. The number of nitrogens with one attached hydrogen (secondary N) is 1. The van der Waals surface area contributed by atoms with Crippen molar-refractivity contribution in [2.75, 3.05) is 5.32 Å². The van der Waals surface area contributed by atoms with E-state index in [1.165, 1.54) is 11.6 Å². The van der Waals surface area contributed by atoms with Crippen LogP contribution in [0.3, 0.4) is 0 Å². The lowest BCUT2D eigenvalue weighted by Crippen LogP contribution is -2.11. The molecule has 1 N–H and O–H groups in total. The molecule has 27 heavy (non-hydrogen) atoms. The number of carbonyl (C=O) groups excluding carboxylic acids is 1. The molecule has 1 aliphatic rings. The summed E-state index contributed by atoms with van der Waals surface area (Å²) in [6.07, 6.45) is -4.67. The summed E-state index contributed by atoms with van der Waals surface area (Å²) in [5, 5.41) is 6.68. The molecule has 0 spiro atoms. The van der Waals surface area contributed by atoms with Crippen LogP contribution in [0.25, 0.3) is 16.3 Å². The van der Waals surface area contributed by atoms with Crippen molar-refractivity contribution in [3.63, 3.8) is 0 Å². The van der Waals surface area contributed by atoms with E-state index in [4.69, 9.17) is 4.74 Å². The number of hydrogen-bond acceptors (Lipinski definition) is 5. The molecule has 1 amide bonds. The Morgan fingerprint density at radius 2 is 2.07 bits per heavy atom. The van der Waals surface area contributed by atoms with Crippen molar-refractivity contribution in [2.24, 2.45) is 0 Å². The summed E-state index contributed by atoms with van der Waals surface area (Å²) >= 11 is 1.09. The van der Waals surface area contributed by atoms with Crippen molar-refractivity contribution < 1.29 is 22.7 Å². The standard InChI is InChI=1S/C17H13F3N4O2S/c1-8-5-3-4-6-11(8)24-12-13(15(23-24)17(18,19)20)26-7-10-14(12)27-16(22-10)21-9(2)25/h3-6H,7H2,1-2H3,(H,21,22,25). The van der Waals surface area contributed by atoms with E-state index in [-0.39, 0.29) is 24.0 Å². The van der Waals surface area contributed by atoms with Crippen LogP contribution in [-0.2, 0) is 17.6 Å². The molecule has 0 saturated carbocycles. The maximum atomic E-state index is 13.5. The predicted octanol–water partition coefficient (Wildman–Crippen LogP) is 4.17. The normalized spacial score (nSPS) is 12.9.